The molecule has 1 amide bonds. The van der Waals surface area contributed by atoms with Crippen LogP contribution in [0.5, 0.6) is 0 Å². The second-order valence-corrected chi connectivity index (χ2v) is 5.84. The number of amides is 1. The lowest BCUT2D eigenvalue weighted by molar-refractivity contribution is -0.385. The van der Waals surface area contributed by atoms with Crippen molar-refractivity contribution in [1.29, 1.82) is 0 Å². The first-order valence-corrected chi connectivity index (χ1v) is 7.88. The van der Waals surface area contributed by atoms with Crippen molar-refractivity contribution in [2.45, 2.75) is 5.60 Å². The summed E-state index contributed by atoms with van der Waals surface area (Å²) in [5.41, 5.74) is -1.44. The van der Waals surface area contributed by atoms with Gasteiger partial charge in [0, 0.05) is 29.5 Å². The summed E-state index contributed by atoms with van der Waals surface area (Å²) < 4.78 is 5.43. The number of hydrogen-bond acceptors (Lipinski definition) is 7. The quantitative estimate of drug-likeness (QED) is 0.536. The molecule has 0 fully saturated rings. The van der Waals surface area contributed by atoms with Gasteiger partial charge in [-0.1, -0.05) is 30.3 Å². The van der Waals surface area contributed by atoms with Crippen molar-refractivity contribution >= 4 is 29.4 Å². The molecule has 0 spiro atoms. The molecule has 0 aliphatic carbocycles. The molecule has 1 unspecified atom stereocenters. The molecule has 4 rings (SSSR count). The van der Waals surface area contributed by atoms with E-state index in [9.17, 15) is 20.0 Å². The monoisotopic (exact) mass is 364 g/mol. The number of benzene rings is 2. The van der Waals surface area contributed by atoms with Crippen LogP contribution in [0.1, 0.15) is 22.9 Å². The minimum absolute atomic E-state index is 0.0102. The van der Waals surface area contributed by atoms with E-state index < -0.39 is 16.4 Å². The summed E-state index contributed by atoms with van der Waals surface area (Å²) >= 11 is 0. The van der Waals surface area contributed by atoms with Gasteiger partial charge in [-0.25, -0.2) is 0 Å². The van der Waals surface area contributed by atoms with Crippen molar-refractivity contribution in [3.8, 4) is 0 Å². The highest BCUT2D eigenvalue weighted by Gasteiger charge is 2.52. The van der Waals surface area contributed by atoms with Gasteiger partial charge in [-0.2, -0.15) is 0 Å². The van der Waals surface area contributed by atoms with Gasteiger partial charge in [-0.05, 0) is 17.7 Å². The van der Waals surface area contributed by atoms with Crippen LogP contribution < -0.4 is 5.32 Å². The normalized spacial score (nSPS) is 18.5. The number of carbonyl (C=O) groups excluding carboxylic acids is 1. The zero-order chi connectivity index (χ0) is 19.0. The van der Waals surface area contributed by atoms with Crippen LogP contribution in [-0.2, 0) is 10.4 Å². The number of carbonyl (C=O) groups is 1. The fourth-order valence-corrected chi connectivity index (χ4v) is 2.78. The minimum atomic E-state index is -2.30. The van der Waals surface area contributed by atoms with E-state index in [1.807, 2.05) is 30.3 Å². The number of fused-ring (bicyclic) bond motifs is 1. The lowest BCUT2D eigenvalue weighted by Crippen LogP contribution is -2.35. The average Bonchev–Trinajstić information content (AvgIpc) is 3.25. The van der Waals surface area contributed by atoms with E-state index >= 15 is 0 Å². The number of aliphatic hydroxyl groups is 1. The Kier molecular flexibility index (Phi) is 3.78. The van der Waals surface area contributed by atoms with Crippen LogP contribution in [-0.4, -0.2) is 26.1 Å². The molecule has 0 saturated heterocycles. The molecule has 2 heterocycles. The first-order chi connectivity index (χ1) is 13.0. The van der Waals surface area contributed by atoms with E-state index in [-0.39, 0.29) is 28.7 Å². The van der Waals surface area contributed by atoms with Crippen molar-refractivity contribution in [2.75, 3.05) is 5.32 Å². The topological polar surface area (TPSA) is 131 Å². The van der Waals surface area contributed by atoms with E-state index in [0.29, 0.717) is 0 Å². The number of nitro benzene ring substituents is 1. The molecule has 9 heteroatoms. The predicted octanol–water partition coefficient (Wildman–Crippen LogP) is 2.34. The summed E-state index contributed by atoms with van der Waals surface area (Å²) in [5.74, 6) is -1.11. The number of nitrogens with zero attached hydrogens (tertiary/aromatic N) is 3. The average molecular weight is 364 g/mol. The number of anilines is 1. The van der Waals surface area contributed by atoms with Crippen LogP contribution in [0.4, 0.5) is 11.4 Å². The molecular weight excluding hydrogens is 352 g/mol. The summed E-state index contributed by atoms with van der Waals surface area (Å²) in [6.45, 7) is 0. The van der Waals surface area contributed by atoms with Crippen molar-refractivity contribution < 1.29 is 19.2 Å². The molecule has 0 radical (unpaired) electrons. The van der Waals surface area contributed by atoms with Gasteiger partial charge in [0.1, 0.15) is 0 Å². The van der Waals surface area contributed by atoms with Gasteiger partial charge in [-0.15, -0.1) is 10.2 Å². The molecule has 9 nitrogen and oxygen atoms in total. The fourth-order valence-electron chi connectivity index (χ4n) is 2.78. The molecule has 1 aliphatic heterocycles. The largest absolute Gasteiger partial charge is 0.417 e. The van der Waals surface area contributed by atoms with Gasteiger partial charge >= 0.3 is 0 Å². The number of rotatable bonds is 4. The Morgan fingerprint density at radius 1 is 1.15 bits per heavy atom. The van der Waals surface area contributed by atoms with Crippen LogP contribution >= 0.6 is 0 Å². The lowest BCUT2D eigenvalue weighted by Gasteiger charge is -2.15. The summed E-state index contributed by atoms with van der Waals surface area (Å²) in [4.78, 5) is 22.7. The van der Waals surface area contributed by atoms with Gasteiger partial charge in [0.25, 0.3) is 17.5 Å². The highest BCUT2D eigenvalue weighted by Crippen LogP contribution is 2.41. The van der Waals surface area contributed by atoms with Crippen molar-refractivity contribution in [1.82, 2.24) is 10.2 Å². The second-order valence-electron chi connectivity index (χ2n) is 5.84. The smallest absolute Gasteiger partial charge is 0.271 e. The molecule has 27 heavy (non-hydrogen) atoms. The highest BCUT2D eigenvalue weighted by molar-refractivity contribution is 6.06. The number of nitro groups is 1. The Morgan fingerprint density at radius 2 is 1.93 bits per heavy atom. The first kappa shape index (κ1) is 16.6. The van der Waals surface area contributed by atoms with Gasteiger partial charge in [-0.3, -0.25) is 14.9 Å². The lowest BCUT2D eigenvalue weighted by atomic mass is 9.95. The van der Waals surface area contributed by atoms with Crippen LogP contribution in [0.3, 0.4) is 0 Å². The molecule has 1 aromatic heterocycles. The Morgan fingerprint density at radius 3 is 2.67 bits per heavy atom. The Labute approximate surface area is 152 Å². The Bertz CT molecular complexity index is 1080. The maximum atomic E-state index is 12.3. The number of non-ortho nitro benzene ring substituents is 1. The molecule has 1 aliphatic rings. The van der Waals surface area contributed by atoms with Crippen LogP contribution in [0, 0.1) is 10.1 Å². The second kappa shape index (κ2) is 6.15. The van der Waals surface area contributed by atoms with E-state index in [2.05, 4.69) is 15.5 Å². The molecular formula is C18H12N4O5. The molecule has 0 bridgehead atoms. The molecule has 2 aromatic carbocycles. The third-order valence-corrected chi connectivity index (χ3v) is 4.15. The van der Waals surface area contributed by atoms with Crippen LogP contribution in [0.25, 0.3) is 12.2 Å². The van der Waals surface area contributed by atoms with E-state index in [4.69, 9.17) is 4.42 Å². The molecule has 2 N–H and O–H groups in total. The van der Waals surface area contributed by atoms with Crippen LogP contribution in [0.2, 0.25) is 0 Å². The Hall–Kier alpha value is -3.85. The van der Waals surface area contributed by atoms with E-state index in [0.717, 1.165) is 11.6 Å². The highest BCUT2D eigenvalue weighted by atomic mass is 16.6. The summed E-state index contributed by atoms with van der Waals surface area (Å²) in [7, 11) is 0. The van der Waals surface area contributed by atoms with Gasteiger partial charge in [0.2, 0.25) is 11.5 Å². The standard InChI is InChI=1S/C18H12N4O5/c23-16-18(24,13-10-12(22(25)26)7-8-14(13)19-16)17-21-20-15(27-17)9-6-11-4-2-1-3-5-11/h1-10,24H,(H,19,23)/b9-6+. The minimum Gasteiger partial charge on any atom is -0.417 e. The molecule has 1 atom stereocenters. The van der Waals surface area contributed by atoms with Crippen LogP contribution in [0.15, 0.2) is 52.9 Å². The van der Waals surface area contributed by atoms with Crippen molar-refractivity contribution in [3.05, 3.63) is 81.6 Å². The third-order valence-electron chi connectivity index (χ3n) is 4.15. The summed E-state index contributed by atoms with van der Waals surface area (Å²) in [6, 6.07) is 13.1. The maximum Gasteiger partial charge on any atom is 0.271 e. The van der Waals surface area contributed by atoms with Gasteiger partial charge in [0.05, 0.1) is 4.92 Å². The van der Waals surface area contributed by atoms with Crippen molar-refractivity contribution in [2.24, 2.45) is 0 Å². The van der Waals surface area contributed by atoms with E-state index in [1.54, 1.807) is 6.08 Å². The van der Waals surface area contributed by atoms with Crippen molar-refractivity contribution in [3.63, 3.8) is 0 Å². The Balaban J connectivity index is 1.71. The number of aromatic nitrogens is 2. The van der Waals surface area contributed by atoms with Gasteiger partial charge in [0.15, 0.2) is 0 Å². The third kappa shape index (κ3) is 2.75. The predicted molar refractivity (Wildman–Crippen MR) is 94.4 cm³/mol. The molecule has 134 valence electrons. The molecule has 3 aromatic rings. The van der Waals surface area contributed by atoms with Gasteiger partial charge < -0.3 is 14.8 Å². The van der Waals surface area contributed by atoms with E-state index in [1.165, 1.54) is 18.2 Å². The zero-order valence-corrected chi connectivity index (χ0v) is 13.7. The SMILES string of the molecule is O=C1Nc2ccc([N+](=O)[O-])cc2C1(O)c1nnc(/C=C/c2ccccc2)o1. The fraction of sp³-hybridized carbons (Fsp3) is 0.0556. The maximum absolute atomic E-state index is 12.3. The zero-order valence-electron chi connectivity index (χ0n) is 13.7. The number of nitrogens with one attached hydrogen (secondary N) is 1. The summed E-state index contributed by atoms with van der Waals surface area (Å²) in [5, 5.41) is 32.0. The molecule has 0 saturated carbocycles. The summed E-state index contributed by atoms with van der Waals surface area (Å²) in [6.07, 6.45) is 3.27. The first-order valence-electron chi connectivity index (χ1n) is 7.88. The number of hydrogen-bond donors (Lipinski definition) is 2.